The third-order valence-electron chi connectivity index (χ3n) is 6.71. The molecular formula is C28H26F3N5O3S. The van der Waals surface area contributed by atoms with Gasteiger partial charge in [0.1, 0.15) is 6.33 Å². The molecule has 1 aliphatic rings. The fourth-order valence-electron chi connectivity index (χ4n) is 4.69. The number of alkyl halides is 3. The molecule has 1 aliphatic heterocycles. The molecule has 208 valence electrons. The Bertz CT molecular complexity index is 1700. The summed E-state index contributed by atoms with van der Waals surface area (Å²) in [7, 11) is -1.80. The van der Waals surface area contributed by atoms with Gasteiger partial charge in [0.15, 0.2) is 0 Å². The number of amides is 1. The number of sulfonamides is 1. The van der Waals surface area contributed by atoms with Gasteiger partial charge in [-0.05, 0) is 60.6 Å². The zero-order valence-corrected chi connectivity index (χ0v) is 22.6. The van der Waals surface area contributed by atoms with Gasteiger partial charge in [0.2, 0.25) is 10.0 Å². The van der Waals surface area contributed by atoms with Crippen LogP contribution >= 0.6 is 0 Å². The minimum Gasteiger partial charge on any atom is -0.336 e. The molecule has 1 aromatic heterocycles. The lowest BCUT2D eigenvalue weighted by molar-refractivity contribution is -0.137. The van der Waals surface area contributed by atoms with Gasteiger partial charge < -0.3 is 9.80 Å². The van der Waals surface area contributed by atoms with Crippen LogP contribution in [-0.2, 0) is 16.2 Å². The highest BCUT2D eigenvalue weighted by atomic mass is 32.2. The summed E-state index contributed by atoms with van der Waals surface area (Å²) in [5, 5.41) is 0.569. The van der Waals surface area contributed by atoms with Crippen LogP contribution in [0, 0.1) is 0 Å². The number of hydrogen-bond donors (Lipinski definition) is 1. The van der Waals surface area contributed by atoms with Crippen LogP contribution in [-0.4, -0.2) is 73.6 Å². The number of benzene rings is 3. The first-order chi connectivity index (χ1) is 18.9. The van der Waals surface area contributed by atoms with Crippen LogP contribution in [0.3, 0.4) is 0 Å². The second-order valence-electron chi connectivity index (χ2n) is 9.80. The third kappa shape index (κ3) is 6.07. The predicted octanol–water partition coefficient (Wildman–Crippen LogP) is 4.74. The lowest BCUT2D eigenvalue weighted by Gasteiger charge is -2.32. The highest BCUT2D eigenvalue weighted by Gasteiger charge is 2.31. The SMILES string of the molecule is CN1CCN(C(=O)c2cccc(-c3ncnc4ccc(-c5cc(NS(C)(=O)=O)cc(C(F)(F)F)c5)cc34)c2)CC1. The molecule has 3 aromatic carbocycles. The Hall–Kier alpha value is -4.03. The molecule has 0 aliphatic carbocycles. The lowest BCUT2D eigenvalue weighted by atomic mass is 9.97. The number of rotatable bonds is 5. The number of carbonyl (C=O) groups excluding carboxylic acids is 1. The van der Waals surface area contributed by atoms with Crippen LogP contribution < -0.4 is 4.72 Å². The molecule has 2 heterocycles. The van der Waals surface area contributed by atoms with Crippen LogP contribution in [0.1, 0.15) is 15.9 Å². The van der Waals surface area contributed by atoms with Gasteiger partial charge in [0.25, 0.3) is 5.91 Å². The molecule has 0 bridgehead atoms. The van der Waals surface area contributed by atoms with E-state index >= 15 is 0 Å². The Morgan fingerprint density at radius 1 is 0.900 bits per heavy atom. The van der Waals surface area contributed by atoms with Crippen molar-refractivity contribution < 1.29 is 26.4 Å². The van der Waals surface area contributed by atoms with E-state index in [1.54, 1.807) is 36.4 Å². The van der Waals surface area contributed by atoms with E-state index in [-0.39, 0.29) is 17.2 Å². The Morgan fingerprint density at radius 3 is 2.35 bits per heavy atom. The van der Waals surface area contributed by atoms with Crippen LogP contribution in [0.15, 0.2) is 67.0 Å². The zero-order valence-electron chi connectivity index (χ0n) is 21.7. The molecule has 1 fully saturated rings. The van der Waals surface area contributed by atoms with Gasteiger partial charge >= 0.3 is 6.18 Å². The average Bonchev–Trinajstić information content (AvgIpc) is 2.91. The van der Waals surface area contributed by atoms with E-state index in [9.17, 15) is 26.4 Å². The Kier molecular flexibility index (Phi) is 7.23. The maximum atomic E-state index is 13.7. The number of nitrogens with one attached hydrogen (secondary N) is 1. The number of fused-ring (bicyclic) bond motifs is 1. The molecule has 12 heteroatoms. The molecule has 0 saturated carbocycles. The normalized spacial score (nSPS) is 14.9. The Morgan fingerprint density at radius 2 is 1.65 bits per heavy atom. The van der Waals surface area contributed by atoms with Gasteiger partial charge in [-0.15, -0.1) is 0 Å². The summed E-state index contributed by atoms with van der Waals surface area (Å²) in [6, 6.07) is 15.1. The van der Waals surface area contributed by atoms with Crippen LogP contribution in [0.4, 0.5) is 18.9 Å². The second kappa shape index (κ2) is 10.5. The number of likely N-dealkylation sites (N-methyl/N-ethyl adjacent to an activating group) is 1. The van der Waals surface area contributed by atoms with Crippen LogP contribution in [0.2, 0.25) is 0 Å². The van der Waals surface area contributed by atoms with Gasteiger partial charge in [-0.25, -0.2) is 18.4 Å². The van der Waals surface area contributed by atoms with Crippen molar-refractivity contribution in [3.05, 3.63) is 78.1 Å². The van der Waals surface area contributed by atoms with E-state index in [2.05, 4.69) is 19.6 Å². The molecular weight excluding hydrogens is 543 g/mol. The van der Waals surface area contributed by atoms with Gasteiger partial charge in [-0.3, -0.25) is 9.52 Å². The maximum Gasteiger partial charge on any atom is 0.416 e. The number of hydrogen-bond acceptors (Lipinski definition) is 6. The van der Waals surface area contributed by atoms with E-state index in [1.165, 1.54) is 12.4 Å². The minimum absolute atomic E-state index is 0.0797. The molecule has 1 amide bonds. The topological polar surface area (TPSA) is 95.5 Å². The molecule has 0 spiro atoms. The molecule has 0 unspecified atom stereocenters. The fourth-order valence-corrected chi connectivity index (χ4v) is 5.23. The quantitative estimate of drug-likeness (QED) is 0.373. The van der Waals surface area contributed by atoms with E-state index in [1.807, 2.05) is 18.0 Å². The first kappa shape index (κ1) is 27.5. The highest BCUT2D eigenvalue weighted by Crippen LogP contribution is 2.37. The van der Waals surface area contributed by atoms with Gasteiger partial charge in [0, 0.05) is 48.4 Å². The van der Waals surface area contributed by atoms with Crippen molar-refractivity contribution in [1.82, 2.24) is 19.8 Å². The van der Waals surface area contributed by atoms with E-state index in [0.29, 0.717) is 46.4 Å². The molecule has 8 nitrogen and oxygen atoms in total. The summed E-state index contributed by atoms with van der Waals surface area (Å²) in [6.45, 7) is 2.85. The number of anilines is 1. The standard InChI is InChI=1S/C28H26F3N5O3S/c1-35-8-10-36(11-9-35)27(37)20-5-3-4-19(12-20)26-24-15-18(6-7-25(24)32-17-33-26)21-13-22(28(29,30)31)16-23(14-21)34-40(2,38)39/h3-7,12-17,34H,8-11H2,1-2H3. The predicted molar refractivity (Wildman–Crippen MR) is 147 cm³/mol. The summed E-state index contributed by atoms with van der Waals surface area (Å²) in [4.78, 5) is 25.9. The molecule has 5 rings (SSSR count). The van der Waals surface area contributed by atoms with Gasteiger partial charge in [0.05, 0.1) is 23.0 Å². The van der Waals surface area contributed by atoms with Crippen molar-refractivity contribution in [2.24, 2.45) is 0 Å². The van der Waals surface area contributed by atoms with Crippen LogP contribution in [0.25, 0.3) is 33.3 Å². The zero-order chi connectivity index (χ0) is 28.7. The van der Waals surface area contributed by atoms with Crippen molar-refractivity contribution >= 4 is 32.5 Å². The molecule has 4 aromatic rings. The van der Waals surface area contributed by atoms with Crippen molar-refractivity contribution in [2.45, 2.75) is 6.18 Å². The van der Waals surface area contributed by atoms with E-state index in [4.69, 9.17) is 0 Å². The largest absolute Gasteiger partial charge is 0.416 e. The molecule has 1 saturated heterocycles. The smallest absolute Gasteiger partial charge is 0.336 e. The van der Waals surface area contributed by atoms with Gasteiger partial charge in [-0.2, -0.15) is 13.2 Å². The first-order valence-electron chi connectivity index (χ1n) is 12.4. The number of piperazine rings is 1. The Labute approximate surface area is 229 Å². The number of aromatic nitrogens is 2. The summed E-state index contributed by atoms with van der Waals surface area (Å²) < 4.78 is 66.6. The summed E-state index contributed by atoms with van der Waals surface area (Å²) in [5.74, 6) is -0.0797. The first-order valence-corrected chi connectivity index (χ1v) is 14.3. The van der Waals surface area contributed by atoms with Crippen molar-refractivity contribution in [1.29, 1.82) is 0 Å². The number of halogens is 3. The van der Waals surface area contributed by atoms with Crippen LogP contribution in [0.5, 0.6) is 0 Å². The Balaban J connectivity index is 1.57. The van der Waals surface area contributed by atoms with Crippen molar-refractivity contribution in [3.8, 4) is 22.4 Å². The fraction of sp³-hybridized carbons (Fsp3) is 0.250. The van der Waals surface area contributed by atoms with E-state index < -0.39 is 21.8 Å². The second-order valence-corrected chi connectivity index (χ2v) is 11.5. The molecule has 1 N–H and O–H groups in total. The number of nitrogens with zero attached hydrogens (tertiary/aromatic N) is 4. The highest BCUT2D eigenvalue weighted by molar-refractivity contribution is 7.92. The lowest BCUT2D eigenvalue weighted by Crippen LogP contribution is -2.47. The molecule has 0 radical (unpaired) electrons. The van der Waals surface area contributed by atoms with Gasteiger partial charge in [-0.1, -0.05) is 18.2 Å². The summed E-state index contributed by atoms with van der Waals surface area (Å²) in [6.07, 6.45) is -2.42. The maximum absolute atomic E-state index is 13.7. The van der Waals surface area contributed by atoms with E-state index in [0.717, 1.165) is 31.5 Å². The summed E-state index contributed by atoms with van der Waals surface area (Å²) in [5.41, 5.74) is 1.63. The minimum atomic E-state index is -4.69. The molecule has 0 atom stereocenters. The monoisotopic (exact) mass is 569 g/mol. The van der Waals surface area contributed by atoms with Crippen molar-refractivity contribution in [3.63, 3.8) is 0 Å². The molecule has 40 heavy (non-hydrogen) atoms. The third-order valence-corrected chi connectivity index (χ3v) is 7.31. The number of carbonyl (C=O) groups is 1. The van der Waals surface area contributed by atoms with Crippen molar-refractivity contribution in [2.75, 3.05) is 44.2 Å². The average molecular weight is 570 g/mol. The summed E-state index contributed by atoms with van der Waals surface area (Å²) >= 11 is 0.